The van der Waals surface area contributed by atoms with Crippen LogP contribution in [0.25, 0.3) is 27.8 Å². The third kappa shape index (κ3) is 2.38. The Morgan fingerprint density at radius 3 is 3.00 bits per heavy atom. The predicted molar refractivity (Wildman–Crippen MR) is 91.4 cm³/mol. The number of halogens is 2. The molecule has 0 bridgehead atoms. The van der Waals surface area contributed by atoms with Gasteiger partial charge in [0, 0.05) is 17.1 Å². The molecule has 124 valence electrons. The van der Waals surface area contributed by atoms with Gasteiger partial charge in [0.25, 0.3) is 0 Å². The van der Waals surface area contributed by atoms with Crippen molar-refractivity contribution in [2.45, 2.75) is 0 Å². The Hall–Kier alpha value is -3.15. The highest BCUT2D eigenvalue weighted by Crippen LogP contribution is 2.37. The SMILES string of the molecule is Nc1cn2cc(-c3c(Cl)c(F)c(C#CCO)c4[nH]ncc34)ncc2n1. The quantitative estimate of drug-likeness (QED) is 0.452. The van der Waals surface area contributed by atoms with Gasteiger partial charge in [-0.05, 0) is 0 Å². The number of rotatable bonds is 1. The Balaban J connectivity index is 2.04. The molecule has 0 aliphatic rings. The van der Waals surface area contributed by atoms with Crippen molar-refractivity contribution in [2.75, 3.05) is 12.3 Å². The summed E-state index contributed by atoms with van der Waals surface area (Å²) in [6.45, 7) is -0.394. The Bertz CT molecular complexity index is 1190. The van der Waals surface area contributed by atoms with Gasteiger partial charge in [-0.2, -0.15) is 5.10 Å². The van der Waals surface area contributed by atoms with Crippen LogP contribution >= 0.6 is 11.6 Å². The second kappa shape index (κ2) is 5.73. The molecule has 25 heavy (non-hydrogen) atoms. The number of fused-ring (bicyclic) bond motifs is 2. The van der Waals surface area contributed by atoms with E-state index >= 15 is 0 Å². The van der Waals surface area contributed by atoms with Gasteiger partial charge in [-0.25, -0.2) is 9.37 Å². The van der Waals surface area contributed by atoms with Crippen molar-refractivity contribution in [1.29, 1.82) is 0 Å². The number of aromatic nitrogens is 5. The first kappa shape index (κ1) is 15.4. The highest BCUT2D eigenvalue weighted by Gasteiger charge is 2.21. The number of nitrogen functional groups attached to an aromatic ring is 1. The van der Waals surface area contributed by atoms with Crippen molar-refractivity contribution in [3.63, 3.8) is 0 Å². The fourth-order valence-corrected chi connectivity index (χ4v) is 2.95. The summed E-state index contributed by atoms with van der Waals surface area (Å²) in [5.74, 6) is 4.62. The molecule has 4 rings (SSSR count). The maximum atomic E-state index is 14.8. The van der Waals surface area contributed by atoms with E-state index in [1.807, 2.05) is 0 Å². The number of nitrogens with one attached hydrogen (secondary N) is 1. The molecule has 0 spiro atoms. The largest absolute Gasteiger partial charge is 0.384 e. The molecule has 0 unspecified atom stereocenters. The molecule has 3 aromatic heterocycles. The summed E-state index contributed by atoms with van der Waals surface area (Å²) in [4.78, 5) is 8.41. The van der Waals surface area contributed by atoms with Crippen LogP contribution in [0.4, 0.5) is 10.2 Å². The lowest BCUT2D eigenvalue weighted by molar-refractivity contribution is 0.350. The van der Waals surface area contributed by atoms with Crippen molar-refractivity contribution >= 4 is 34.0 Å². The zero-order valence-corrected chi connectivity index (χ0v) is 13.3. The minimum absolute atomic E-state index is 0.0447. The molecule has 0 fully saturated rings. The van der Waals surface area contributed by atoms with E-state index in [0.29, 0.717) is 33.6 Å². The van der Waals surface area contributed by atoms with Gasteiger partial charge in [-0.15, -0.1) is 0 Å². The molecule has 0 atom stereocenters. The number of aliphatic hydroxyl groups is 1. The molecule has 0 amide bonds. The van der Waals surface area contributed by atoms with Gasteiger partial charge < -0.3 is 15.2 Å². The number of H-pyrrole nitrogens is 1. The molecule has 9 heteroatoms. The lowest BCUT2D eigenvalue weighted by Crippen LogP contribution is -1.96. The van der Waals surface area contributed by atoms with Crippen LogP contribution in [0.3, 0.4) is 0 Å². The number of aliphatic hydroxyl groups excluding tert-OH is 1. The predicted octanol–water partition coefficient (Wildman–Crippen LogP) is 1.99. The minimum Gasteiger partial charge on any atom is -0.384 e. The van der Waals surface area contributed by atoms with Crippen LogP contribution in [0.1, 0.15) is 5.56 Å². The first-order chi connectivity index (χ1) is 12.1. The van der Waals surface area contributed by atoms with E-state index in [1.54, 1.807) is 16.8 Å². The molecule has 0 radical (unpaired) electrons. The summed E-state index contributed by atoms with van der Waals surface area (Å²) < 4.78 is 16.4. The number of aromatic amines is 1. The van der Waals surface area contributed by atoms with E-state index in [1.165, 1.54) is 12.4 Å². The number of hydrogen-bond acceptors (Lipinski definition) is 5. The summed E-state index contributed by atoms with van der Waals surface area (Å²) in [7, 11) is 0. The maximum absolute atomic E-state index is 14.8. The van der Waals surface area contributed by atoms with Gasteiger partial charge in [0.05, 0.1) is 40.4 Å². The summed E-state index contributed by atoms with van der Waals surface area (Å²) >= 11 is 6.27. The Morgan fingerprint density at radius 2 is 2.20 bits per heavy atom. The molecule has 3 heterocycles. The third-order valence-electron chi connectivity index (χ3n) is 3.70. The van der Waals surface area contributed by atoms with E-state index < -0.39 is 12.4 Å². The molecule has 4 aromatic rings. The monoisotopic (exact) mass is 356 g/mol. The molecule has 0 saturated carbocycles. The van der Waals surface area contributed by atoms with Crippen LogP contribution in [0.2, 0.25) is 5.02 Å². The molecular weight excluding hydrogens is 347 g/mol. The van der Waals surface area contributed by atoms with Crippen molar-refractivity contribution in [2.24, 2.45) is 0 Å². The van der Waals surface area contributed by atoms with Crippen molar-refractivity contribution in [3.8, 4) is 23.1 Å². The average Bonchev–Trinajstić information content (AvgIpc) is 3.20. The smallest absolute Gasteiger partial charge is 0.160 e. The van der Waals surface area contributed by atoms with Crippen LogP contribution < -0.4 is 5.73 Å². The number of nitrogens with zero attached hydrogens (tertiary/aromatic N) is 4. The molecule has 0 saturated heterocycles. The van der Waals surface area contributed by atoms with Gasteiger partial charge in [0.2, 0.25) is 0 Å². The molecule has 7 nitrogen and oxygen atoms in total. The summed E-state index contributed by atoms with van der Waals surface area (Å²) in [6.07, 6.45) is 6.32. The first-order valence-electron chi connectivity index (χ1n) is 7.14. The van der Waals surface area contributed by atoms with Crippen LogP contribution in [0.15, 0.2) is 24.8 Å². The zero-order chi connectivity index (χ0) is 17.6. The third-order valence-corrected chi connectivity index (χ3v) is 4.05. The molecule has 4 N–H and O–H groups in total. The number of imidazole rings is 1. The maximum Gasteiger partial charge on any atom is 0.160 e. The van der Waals surface area contributed by atoms with Gasteiger partial charge in [-0.3, -0.25) is 10.1 Å². The van der Waals surface area contributed by atoms with Gasteiger partial charge in [0.1, 0.15) is 12.4 Å². The van der Waals surface area contributed by atoms with Gasteiger partial charge in [-0.1, -0.05) is 23.4 Å². The van der Waals surface area contributed by atoms with Crippen LogP contribution in [0.5, 0.6) is 0 Å². The van der Waals surface area contributed by atoms with Crippen LogP contribution in [-0.4, -0.2) is 36.3 Å². The zero-order valence-electron chi connectivity index (χ0n) is 12.6. The average molecular weight is 357 g/mol. The normalized spacial score (nSPS) is 11.0. The molecule has 0 aliphatic carbocycles. The van der Waals surface area contributed by atoms with Crippen LogP contribution in [0, 0.1) is 17.7 Å². The number of benzene rings is 1. The summed E-state index contributed by atoms with van der Waals surface area (Å²) in [6, 6.07) is 0. The Labute approximate surface area is 145 Å². The van der Waals surface area contributed by atoms with Crippen molar-refractivity contribution in [3.05, 3.63) is 41.2 Å². The summed E-state index contributed by atoms with van der Waals surface area (Å²) in [5, 5.41) is 16.0. The van der Waals surface area contributed by atoms with Crippen molar-refractivity contribution < 1.29 is 9.50 Å². The highest BCUT2D eigenvalue weighted by molar-refractivity contribution is 6.35. The second-order valence-electron chi connectivity index (χ2n) is 5.20. The van der Waals surface area contributed by atoms with Gasteiger partial charge >= 0.3 is 0 Å². The Kier molecular flexibility index (Phi) is 3.53. The number of anilines is 1. The highest BCUT2D eigenvalue weighted by atomic mass is 35.5. The van der Waals surface area contributed by atoms with E-state index in [0.717, 1.165) is 0 Å². The number of hydrogen-bond donors (Lipinski definition) is 3. The van der Waals surface area contributed by atoms with Gasteiger partial charge in [0.15, 0.2) is 11.5 Å². The second-order valence-corrected chi connectivity index (χ2v) is 5.58. The molecule has 0 aliphatic heterocycles. The van der Waals surface area contributed by atoms with E-state index in [2.05, 4.69) is 32.0 Å². The van der Waals surface area contributed by atoms with E-state index in [9.17, 15) is 4.39 Å². The number of nitrogens with two attached hydrogens (primary N) is 1. The topological polar surface area (TPSA) is 105 Å². The molecule has 1 aromatic carbocycles. The first-order valence-corrected chi connectivity index (χ1v) is 7.52. The standard InChI is InChI=1S/C16H10ClFN6O/c17-14-13(10-6-24-7-11(19)22-12(24)5-20-10)9-4-21-23-16(9)8(15(14)18)2-1-3-25/h4-7,25H,3,19H2,(H,21,23). The van der Waals surface area contributed by atoms with E-state index in [4.69, 9.17) is 22.4 Å². The fourth-order valence-electron chi connectivity index (χ4n) is 2.66. The minimum atomic E-state index is -0.707. The molecular formula is C16H10ClFN6O. The fraction of sp³-hybridized carbons (Fsp3) is 0.0625. The van der Waals surface area contributed by atoms with E-state index in [-0.39, 0.29) is 10.6 Å². The van der Waals surface area contributed by atoms with Crippen LogP contribution in [-0.2, 0) is 0 Å². The van der Waals surface area contributed by atoms with Crippen molar-refractivity contribution in [1.82, 2.24) is 24.6 Å². The summed E-state index contributed by atoms with van der Waals surface area (Å²) in [5.41, 5.74) is 7.48. The lowest BCUT2D eigenvalue weighted by atomic mass is 10.0. The Morgan fingerprint density at radius 1 is 1.36 bits per heavy atom. The lowest BCUT2D eigenvalue weighted by Gasteiger charge is -2.09.